The van der Waals surface area contributed by atoms with E-state index >= 15 is 0 Å². The molecule has 0 atom stereocenters. The van der Waals surface area contributed by atoms with E-state index in [1.165, 1.54) is 0 Å². The minimum absolute atomic E-state index is 0.00564. The maximum atomic E-state index is 11.3. The molecule has 0 spiro atoms. The first-order valence-electron chi connectivity index (χ1n) is 10.6. The number of esters is 4. The summed E-state index contributed by atoms with van der Waals surface area (Å²) in [6.07, 6.45) is 0.894. The molecular formula is C22H36O10S2. The first-order valence-corrected chi connectivity index (χ1v) is 12.2. The van der Waals surface area contributed by atoms with Gasteiger partial charge in [-0.3, -0.25) is 28.8 Å². The van der Waals surface area contributed by atoms with E-state index in [4.69, 9.17) is 14.6 Å². The highest BCUT2D eigenvalue weighted by atomic mass is 32.2. The number of thioether (sulfide) groups is 1. The minimum atomic E-state index is -0.994. The van der Waals surface area contributed by atoms with Crippen molar-refractivity contribution in [3.63, 3.8) is 0 Å². The van der Waals surface area contributed by atoms with Gasteiger partial charge in [0.2, 0.25) is 0 Å². The van der Waals surface area contributed by atoms with Gasteiger partial charge < -0.3 is 19.3 Å². The maximum absolute atomic E-state index is 11.3. The molecule has 0 unspecified atom stereocenters. The van der Waals surface area contributed by atoms with Crippen molar-refractivity contribution >= 4 is 59.4 Å². The molecule has 0 aromatic rings. The summed E-state index contributed by atoms with van der Waals surface area (Å²) in [4.78, 5) is 63.4. The maximum Gasteiger partial charge on any atom is 0.314 e. The van der Waals surface area contributed by atoms with Crippen molar-refractivity contribution in [2.75, 3.05) is 11.5 Å². The summed E-state index contributed by atoms with van der Waals surface area (Å²) in [5.41, 5.74) is -0.880. The van der Waals surface area contributed by atoms with Crippen molar-refractivity contribution in [2.24, 2.45) is 0 Å². The van der Waals surface area contributed by atoms with Gasteiger partial charge in [0.15, 0.2) is 5.12 Å². The molecule has 1 saturated heterocycles. The first kappa shape index (κ1) is 34.1. The van der Waals surface area contributed by atoms with Crippen molar-refractivity contribution < 1.29 is 48.1 Å². The van der Waals surface area contributed by atoms with E-state index in [9.17, 15) is 28.8 Å². The number of carbonyl (C=O) groups excluding carboxylic acids is 5. The van der Waals surface area contributed by atoms with Gasteiger partial charge in [0.1, 0.15) is 11.2 Å². The van der Waals surface area contributed by atoms with E-state index in [2.05, 4.69) is 17.4 Å². The number of thiol groups is 1. The summed E-state index contributed by atoms with van der Waals surface area (Å²) >= 11 is 4.88. The average molecular weight is 525 g/mol. The van der Waals surface area contributed by atoms with Gasteiger partial charge in [0, 0.05) is 17.9 Å². The molecule has 1 aliphatic heterocycles. The Kier molecular flexibility index (Phi) is 17.4. The van der Waals surface area contributed by atoms with Crippen LogP contribution in [0.2, 0.25) is 0 Å². The molecule has 1 fully saturated rings. The van der Waals surface area contributed by atoms with Gasteiger partial charge >= 0.3 is 29.8 Å². The molecule has 10 nitrogen and oxygen atoms in total. The number of hydrogen-bond donors (Lipinski definition) is 2. The van der Waals surface area contributed by atoms with Crippen LogP contribution < -0.4 is 0 Å². The molecule has 1 heterocycles. The highest BCUT2D eigenvalue weighted by Gasteiger charge is 2.19. The molecule has 0 bridgehead atoms. The van der Waals surface area contributed by atoms with Crippen molar-refractivity contribution in [2.45, 2.75) is 91.3 Å². The molecule has 196 valence electrons. The number of ether oxygens (including phenoxy) is 3. The average Bonchev–Trinajstić information content (AvgIpc) is 3.01. The monoisotopic (exact) mass is 524 g/mol. The molecule has 0 radical (unpaired) electrons. The molecular weight excluding hydrogens is 488 g/mol. The normalized spacial score (nSPS) is 12.9. The van der Waals surface area contributed by atoms with E-state index < -0.39 is 23.5 Å². The van der Waals surface area contributed by atoms with Gasteiger partial charge in [0.25, 0.3) is 0 Å². The first-order chi connectivity index (χ1) is 15.4. The third-order valence-electron chi connectivity index (χ3n) is 3.03. The Hall–Kier alpha value is -2.08. The van der Waals surface area contributed by atoms with Crippen LogP contribution in [0.4, 0.5) is 0 Å². The lowest BCUT2D eigenvalue weighted by atomic mass is 10.2. The second kappa shape index (κ2) is 17.4. The number of carbonyl (C=O) groups is 6. The van der Waals surface area contributed by atoms with Gasteiger partial charge in [-0.15, -0.1) is 0 Å². The van der Waals surface area contributed by atoms with Crippen LogP contribution in [-0.2, 0) is 43.0 Å². The molecule has 1 aliphatic rings. The Morgan fingerprint density at radius 3 is 1.62 bits per heavy atom. The smallest absolute Gasteiger partial charge is 0.314 e. The Morgan fingerprint density at radius 2 is 1.29 bits per heavy atom. The predicted octanol–water partition coefficient (Wildman–Crippen LogP) is 3.34. The Balaban J connectivity index is 0. The van der Waals surface area contributed by atoms with Gasteiger partial charge in [-0.25, -0.2) is 0 Å². The molecule has 0 aliphatic carbocycles. The van der Waals surface area contributed by atoms with Crippen LogP contribution in [0.5, 0.6) is 0 Å². The van der Waals surface area contributed by atoms with Crippen LogP contribution in [-0.4, -0.2) is 62.8 Å². The van der Waals surface area contributed by atoms with Gasteiger partial charge in [0.05, 0.1) is 32.1 Å². The number of hydrogen-bond acceptors (Lipinski definition) is 11. The molecule has 0 aromatic carbocycles. The Bertz CT molecular complexity index is 691. The Morgan fingerprint density at radius 1 is 0.853 bits per heavy atom. The minimum Gasteiger partial charge on any atom is -0.481 e. The fourth-order valence-corrected chi connectivity index (χ4v) is 2.76. The molecule has 0 amide bonds. The largest absolute Gasteiger partial charge is 0.481 e. The van der Waals surface area contributed by atoms with Crippen LogP contribution in [0.1, 0.15) is 80.1 Å². The second-order valence-electron chi connectivity index (χ2n) is 8.86. The SMILES string of the molecule is CC(C)(C)OC(=O)CCS.CC(C)(C)OC(=O)CCSC(=O)CCC(=O)O.O=C1CCC(=O)O1. The standard InChI is InChI=1S/C11H18O5S.C7H14O2S.C4H4O3/c1-11(2,3)16-9(14)6-7-17-10(15)5-4-8(12)13;1-7(2,3)9-6(8)4-5-10;5-3-1-2-4(6)7-3/h4-7H2,1-3H3,(H,12,13);10H,4-5H2,1-3H3;1-2H2. The van der Waals surface area contributed by atoms with Crippen molar-refractivity contribution in [3.8, 4) is 0 Å². The van der Waals surface area contributed by atoms with Gasteiger partial charge in [-0.2, -0.15) is 12.6 Å². The van der Waals surface area contributed by atoms with E-state index in [0.29, 0.717) is 17.9 Å². The third kappa shape index (κ3) is 26.2. The zero-order valence-corrected chi connectivity index (χ0v) is 22.3. The fraction of sp³-hybridized carbons (Fsp3) is 0.727. The van der Waals surface area contributed by atoms with Gasteiger partial charge in [-0.1, -0.05) is 11.8 Å². The number of cyclic esters (lactones) is 2. The third-order valence-corrected chi connectivity index (χ3v) is 4.19. The summed E-state index contributed by atoms with van der Waals surface area (Å²) in [5.74, 6) is -1.44. The zero-order chi connectivity index (χ0) is 26.9. The summed E-state index contributed by atoms with van der Waals surface area (Å²) in [6.45, 7) is 10.9. The summed E-state index contributed by atoms with van der Waals surface area (Å²) < 4.78 is 14.1. The number of rotatable bonds is 8. The summed E-state index contributed by atoms with van der Waals surface area (Å²) in [6, 6.07) is 0. The van der Waals surface area contributed by atoms with E-state index in [1.54, 1.807) is 20.8 Å². The van der Waals surface area contributed by atoms with E-state index in [-0.39, 0.29) is 54.8 Å². The molecule has 12 heteroatoms. The van der Waals surface area contributed by atoms with Crippen LogP contribution in [0, 0.1) is 0 Å². The van der Waals surface area contributed by atoms with E-state index in [1.807, 2.05) is 20.8 Å². The van der Waals surface area contributed by atoms with Crippen molar-refractivity contribution in [1.82, 2.24) is 0 Å². The van der Waals surface area contributed by atoms with Crippen LogP contribution >= 0.6 is 24.4 Å². The second-order valence-corrected chi connectivity index (χ2v) is 10.5. The molecule has 1 N–H and O–H groups in total. The fourth-order valence-electron chi connectivity index (χ4n) is 1.84. The zero-order valence-electron chi connectivity index (χ0n) is 20.6. The Labute approximate surface area is 210 Å². The molecule has 34 heavy (non-hydrogen) atoms. The lowest BCUT2D eigenvalue weighted by molar-refractivity contribution is -0.155. The number of carboxylic acid groups (broad SMARTS) is 1. The van der Waals surface area contributed by atoms with Crippen LogP contribution in [0.15, 0.2) is 0 Å². The number of aliphatic carboxylic acids is 1. The topological polar surface area (TPSA) is 150 Å². The summed E-state index contributed by atoms with van der Waals surface area (Å²) in [5, 5.41) is 8.16. The molecule has 1 rings (SSSR count). The number of carboxylic acids is 1. The lowest BCUT2D eigenvalue weighted by Gasteiger charge is -2.19. The van der Waals surface area contributed by atoms with Crippen molar-refractivity contribution in [1.29, 1.82) is 0 Å². The predicted molar refractivity (Wildman–Crippen MR) is 129 cm³/mol. The highest BCUT2D eigenvalue weighted by molar-refractivity contribution is 8.13. The van der Waals surface area contributed by atoms with Crippen LogP contribution in [0.3, 0.4) is 0 Å². The van der Waals surface area contributed by atoms with Gasteiger partial charge in [-0.05, 0) is 41.5 Å². The van der Waals surface area contributed by atoms with Crippen molar-refractivity contribution in [3.05, 3.63) is 0 Å². The van der Waals surface area contributed by atoms with Crippen LogP contribution in [0.25, 0.3) is 0 Å². The molecule has 0 saturated carbocycles. The molecule has 0 aromatic heterocycles. The lowest BCUT2D eigenvalue weighted by Crippen LogP contribution is -2.24. The van der Waals surface area contributed by atoms with E-state index in [0.717, 1.165) is 11.8 Å². The highest BCUT2D eigenvalue weighted by Crippen LogP contribution is 2.13. The quantitative estimate of drug-likeness (QED) is 0.208. The summed E-state index contributed by atoms with van der Waals surface area (Å²) in [7, 11) is 0.